The summed E-state index contributed by atoms with van der Waals surface area (Å²) in [6.45, 7) is 4.95. The zero-order valence-corrected chi connectivity index (χ0v) is 24.6. The maximum Gasteiger partial charge on any atom is 0.303 e. The third-order valence-corrected chi connectivity index (χ3v) is 7.10. The molecule has 0 spiro atoms. The molecule has 228 valence electrons. The molecule has 3 heterocycles. The molecule has 1 fully saturated rings. The lowest BCUT2D eigenvalue weighted by Crippen LogP contribution is -2.48. The van der Waals surface area contributed by atoms with Gasteiger partial charge in [0.25, 0.3) is 5.56 Å². The van der Waals surface area contributed by atoms with Crippen molar-refractivity contribution in [1.29, 1.82) is 0 Å². The Labute approximate surface area is 253 Å². The Morgan fingerprint density at radius 1 is 1.11 bits per heavy atom. The molecule has 2 N–H and O–H groups in total. The summed E-state index contributed by atoms with van der Waals surface area (Å²) in [4.78, 5) is 49.0. The zero-order valence-electron chi connectivity index (χ0n) is 24.6. The summed E-state index contributed by atoms with van der Waals surface area (Å²) < 4.78 is 26.1. The van der Waals surface area contributed by atoms with Gasteiger partial charge in [-0.15, -0.1) is 6.42 Å². The number of ether oxygens (including phenoxy) is 4. The van der Waals surface area contributed by atoms with Gasteiger partial charge in [-0.25, -0.2) is 4.98 Å². The van der Waals surface area contributed by atoms with Crippen LogP contribution in [0.25, 0.3) is 11.2 Å². The number of nitrogens with one attached hydrogen (secondary N) is 2. The second kappa shape index (κ2) is 13.2. The maximum absolute atomic E-state index is 13.3. The minimum atomic E-state index is -1.53. The lowest BCUT2D eigenvalue weighted by atomic mass is 9.96. The number of aromatic nitrogens is 4. The predicted molar refractivity (Wildman–Crippen MR) is 160 cm³/mol. The molecular weight excluding hydrogens is 566 g/mol. The third-order valence-electron chi connectivity index (χ3n) is 7.10. The number of amides is 1. The van der Waals surface area contributed by atoms with E-state index in [2.05, 4.69) is 26.2 Å². The molecule has 0 radical (unpaired) electrons. The molecule has 2 unspecified atom stereocenters. The first-order valence-corrected chi connectivity index (χ1v) is 14.1. The van der Waals surface area contributed by atoms with Crippen LogP contribution in [-0.4, -0.2) is 55.8 Å². The van der Waals surface area contributed by atoms with Crippen LogP contribution in [0.4, 0.5) is 5.95 Å². The molecule has 1 saturated heterocycles. The summed E-state index contributed by atoms with van der Waals surface area (Å²) >= 11 is 0. The number of carbonyl (C=O) groups excluding carboxylic acids is 2. The molecule has 5 rings (SSSR count). The van der Waals surface area contributed by atoms with Crippen LogP contribution in [0.15, 0.2) is 71.8 Å². The number of carbonyl (C=O) groups is 2. The van der Waals surface area contributed by atoms with Gasteiger partial charge in [0, 0.05) is 12.8 Å². The monoisotopic (exact) mass is 599 g/mol. The van der Waals surface area contributed by atoms with Crippen molar-refractivity contribution in [3.63, 3.8) is 0 Å². The molecule has 4 aromatic rings. The smallest absolute Gasteiger partial charge is 0.303 e. The van der Waals surface area contributed by atoms with Gasteiger partial charge in [0.2, 0.25) is 11.9 Å². The molecule has 1 aliphatic rings. The topological polar surface area (TPSA) is 147 Å². The first kappa shape index (κ1) is 30.6. The Morgan fingerprint density at radius 2 is 1.77 bits per heavy atom. The number of fused-ring (bicyclic) bond motifs is 1. The van der Waals surface area contributed by atoms with Gasteiger partial charge in [-0.1, -0.05) is 80.4 Å². The lowest BCUT2D eigenvalue weighted by molar-refractivity contribution is -0.158. The summed E-state index contributed by atoms with van der Waals surface area (Å²) in [7, 11) is 0. The Balaban J connectivity index is 1.52. The molecule has 1 aliphatic heterocycles. The van der Waals surface area contributed by atoms with Gasteiger partial charge in [0.1, 0.15) is 12.4 Å². The molecule has 12 heteroatoms. The van der Waals surface area contributed by atoms with E-state index in [1.807, 2.05) is 60.7 Å². The summed E-state index contributed by atoms with van der Waals surface area (Å²) in [6, 6.07) is 19.0. The number of terminal acetylenes is 1. The highest BCUT2D eigenvalue weighted by molar-refractivity contribution is 5.91. The van der Waals surface area contributed by atoms with Crippen molar-refractivity contribution in [3.05, 3.63) is 88.5 Å². The number of benzene rings is 2. The van der Waals surface area contributed by atoms with Crippen LogP contribution in [-0.2, 0) is 41.8 Å². The van der Waals surface area contributed by atoms with Gasteiger partial charge in [-0.05, 0) is 11.1 Å². The van der Waals surface area contributed by atoms with Crippen LogP contribution >= 0.6 is 0 Å². The van der Waals surface area contributed by atoms with E-state index in [-0.39, 0.29) is 48.8 Å². The zero-order chi connectivity index (χ0) is 31.3. The molecule has 0 bridgehead atoms. The third kappa shape index (κ3) is 6.55. The number of hydrogen-bond donors (Lipinski definition) is 2. The van der Waals surface area contributed by atoms with Gasteiger partial charge in [-0.3, -0.25) is 29.3 Å². The van der Waals surface area contributed by atoms with E-state index in [0.717, 1.165) is 11.1 Å². The molecule has 1 amide bonds. The summed E-state index contributed by atoms with van der Waals surface area (Å²) in [5.74, 6) is 1.39. The quantitative estimate of drug-likeness (QED) is 0.196. The van der Waals surface area contributed by atoms with Gasteiger partial charge >= 0.3 is 5.97 Å². The highest BCUT2D eigenvalue weighted by Crippen LogP contribution is 2.42. The second-order valence-corrected chi connectivity index (χ2v) is 10.7. The Bertz CT molecular complexity index is 1710. The summed E-state index contributed by atoms with van der Waals surface area (Å²) in [5.41, 5.74) is -0.287. The van der Waals surface area contributed by atoms with Crippen LogP contribution in [0.2, 0.25) is 0 Å². The first-order chi connectivity index (χ1) is 21.2. The van der Waals surface area contributed by atoms with E-state index in [1.54, 1.807) is 13.8 Å². The standard InChI is InChI=1S/C32H33N5O7/c1-5-32(18-41-16-22-12-8-6-9-13-22)26(42-17-23-14-10-7-11-15-23)25(43-21(4)38)30(44-32)37-19-33-27-24(37)29(40)36-31(34-27)35-28(39)20(2)3/h1,6-15,19-20,25-26,30H,16-18H2,2-4H3,(H2,34,35,36,39,40)/t25?,26?,30-,32-/m1/s1. The summed E-state index contributed by atoms with van der Waals surface area (Å²) in [5, 5.41) is 2.57. The second-order valence-electron chi connectivity index (χ2n) is 10.7. The molecule has 12 nitrogen and oxygen atoms in total. The van der Waals surface area contributed by atoms with Crippen molar-refractivity contribution in [3.8, 4) is 12.3 Å². The Hall–Kier alpha value is -4.83. The number of imidazole rings is 1. The van der Waals surface area contributed by atoms with Crippen molar-refractivity contribution in [2.75, 3.05) is 11.9 Å². The van der Waals surface area contributed by atoms with Crippen molar-refractivity contribution in [2.45, 2.75) is 58.0 Å². The van der Waals surface area contributed by atoms with Crippen molar-refractivity contribution in [1.82, 2.24) is 19.5 Å². The average Bonchev–Trinajstić information content (AvgIpc) is 3.56. The number of aromatic amines is 1. The maximum atomic E-state index is 13.3. The Morgan fingerprint density at radius 3 is 2.39 bits per heavy atom. The van der Waals surface area contributed by atoms with Gasteiger partial charge in [-0.2, -0.15) is 4.98 Å². The van der Waals surface area contributed by atoms with E-state index in [0.29, 0.717) is 0 Å². The normalized spacial score (nSPS) is 21.3. The Kier molecular flexibility index (Phi) is 9.20. The SMILES string of the molecule is C#C[C@]1(COCc2ccccc2)O[C@@H](n2cnc3nc(NC(=O)C(C)C)[nH]c(=O)c32)C(OC(C)=O)C1OCc1ccccc1. The van der Waals surface area contributed by atoms with Crippen molar-refractivity contribution in [2.24, 2.45) is 5.92 Å². The molecular formula is C32H33N5O7. The van der Waals surface area contributed by atoms with Crippen LogP contribution < -0.4 is 10.9 Å². The van der Waals surface area contributed by atoms with Gasteiger partial charge in [0.15, 0.2) is 29.1 Å². The van der Waals surface area contributed by atoms with Crippen molar-refractivity contribution < 1.29 is 28.5 Å². The van der Waals surface area contributed by atoms with Crippen molar-refractivity contribution >= 4 is 29.0 Å². The van der Waals surface area contributed by atoms with Crippen LogP contribution in [0, 0.1) is 18.3 Å². The number of anilines is 1. The number of nitrogens with zero attached hydrogens (tertiary/aromatic N) is 3. The highest BCUT2D eigenvalue weighted by atomic mass is 16.6. The molecule has 0 aliphatic carbocycles. The molecule has 44 heavy (non-hydrogen) atoms. The fourth-order valence-corrected chi connectivity index (χ4v) is 4.92. The van der Waals surface area contributed by atoms with Crippen LogP contribution in [0.5, 0.6) is 0 Å². The van der Waals surface area contributed by atoms with Crippen LogP contribution in [0.3, 0.4) is 0 Å². The van der Waals surface area contributed by atoms with Gasteiger partial charge in [0.05, 0.1) is 19.8 Å². The molecule has 4 atom stereocenters. The van der Waals surface area contributed by atoms with Gasteiger partial charge < -0.3 is 18.9 Å². The minimum Gasteiger partial charge on any atom is -0.455 e. The number of hydrogen-bond acceptors (Lipinski definition) is 9. The number of esters is 1. The van der Waals surface area contributed by atoms with E-state index in [4.69, 9.17) is 25.4 Å². The van der Waals surface area contributed by atoms with E-state index in [9.17, 15) is 14.4 Å². The fourth-order valence-electron chi connectivity index (χ4n) is 4.92. The molecule has 0 saturated carbocycles. The minimum absolute atomic E-state index is 0.0227. The number of H-pyrrole nitrogens is 1. The fraction of sp³-hybridized carbons (Fsp3) is 0.344. The first-order valence-electron chi connectivity index (χ1n) is 14.1. The average molecular weight is 600 g/mol. The van der Waals surface area contributed by atoms with Crippen LogP contribution in [0.1, 0.15) is 38.1 Å². The highest BCUT2D eigenvalue weighted by Gasteiger charge is 2.58. The summed E-state index contributed by atoms with van der Waals surface area (Å²) in [6.07, 6.45) is 4.22. The van der Waals surface area contributed by atoms with E-state index < -0.39 is 35.6 Å². The molecule has 2 aromatic carbocycles. The largest absolute Gasteiger partial charge is 0.455 e. The van der Waals surface area contributed by atoms with E-state index in [1.165, 1.54) is 17.8 Å². The van der Waals surface area contributed by atoms with E-state index >= 15 is 0 Å². The predicted octanol–water partition coefficient (Wildman–Crippen LogP) is 3.35. The number of rotatable bonds is 11. The lowest BCUT2D eigenvalue weighted by Gasteiger charge is -2.30. The molecule has 2 aromatic heterocycles.